The molecular formula is C14H24ClN3. The molecule has 1 aliphatic carbocycles. The Kier molecular flexibility index (Phi) is 4.33. The first-order valence-electron chi connectivity index (χ1n) is 6.85. The minimum absolute atomic E-state index is 0.122. The van der Waals surface area contributed by atoms with Crippen LogP contribution >= 0.6 is 11.6 Å². The smallest absolute Gasteiger partial charge is 0.0597 e. The van der Waals surface area contributed by atoms with Gasteiger partial charge in [-0.05, 0) is 31.7 Å². The Balaban J connectivity index is 2.00. The molecule has 102 valence electrons. The number of nitrogens with zero attached hydrogens (tertiary/aromatic N) is 2. The summed E-state index contributed by atoms with van der Waals surface area (Å²) >= 11 is 6.23. The van der Waals surface area contributed by atoms with E-state index in [0.29, 0.717) is 5.88 Å². The van der Waals surface area contributed by atoms with E-state index in [2.05, 4.69) is 23.4 Å². The summed E-state index contributed by atoms with van der Waals surface area (Å²) in [5.41, 5.74) is 2.43. The maximum Gasteiger partial charge on any atom is 0.0597 e. The van der Waals surface area contributed by atoms with Gasteiger partial charge in [0.25, 0.3) is 0 Å². The van der Waals surface area contributed by atoms with Crippen LogP contribution in [0.1, 0.15) is 44.0 Å². The van der Waals surface area contributed by atoms with Crippen molar-refractivity contribution in [1.82, 2.24) is 15.1 Å². The fourth-order valence-electron chi connectivity index (χ4n) is 3.10. The Bertz CT molecular complexity index is 402. The highest BCUT2D eigenvalue weighted by Gasteiger charge is 2.33. The molecule has 0 spiro atoms. The largest absolute Gasteiger partial charge is 0.304 e. The number of hydrogen-bond acceptors (Lipinski definition) is 2. The molecule has 1 aromatic heterocycles. The zero-order chi connectivity index (χ0) is 13.2. The Morgan fingerprint density at radius 1 is 1.61 bits per heavy atom. The second kappa shape index (κ2) is 5.62. The molecule has 2 unspecified atom stereocenters. The van der Waals surface area contributed by atoms with Gasteiger partial charge < -0.3 is 5.32 Å². The predicted octanol–water partition coefficient (Wildman–Crippen LogP) is 3.01. The van der Waals surface area contributed by atoms with Crippen LogP contribution in [0.2, 0.25) is 0 Å². The van der Waals surface area contributed by atoms with Crippen molar-refractivity contribution in [3.05, 3.63) is 17.5 Å². The fourth-order valence-corrected chi connectivity index (χ4v) is 3.43. The molecule has 3 nitrogen and oxygen atoms in total. The molecule has 1 aromatic rings. The van der Waals surface area contributed by atoms with E-state index in [4.69, 9.17) is 11.6 Å². The third-order valence-corrected chi connectivity index (χ3v) is 4.60. The highest BCUT2D eigenvalue weighted by atomic mass is 35.5. The van der Waals surface area contributed by atoms with Crippen LogP contribution in [0.4, 0.5) is 0 Å². The second-order valence-electron chi connectivity index (χ2n) is 5.87. The van der Waals surface area contributed by atoms with Crippen molar-refractivity contribution in [3.8, 4) is 0 Å². The first-order valence-corrected chi connectivity index (χ1v) is 7.39. The predicted molar refractivity (Wildman–Crippen MR) is 75.9 cm³/mol. The van der Waals surface area contributed by atoms with E-state index in [1.165, 1.54) is 31.4 Å². The summed E-state index contributed by atoms with van der Waals surface area (Å²) in [5, 5.41) is 8.07. The molecule has 0 saturated heterocycles. The van der Waals surface area contributed by atoms with Gasteiger partial charge in [-0.15, -0.1) is 11.6 Å². The van der Waals surface area contributed by atoms with Crippen molar-refractivity contribution in [2.24, 2.45) is 13.0 Å². The molecule has 0 bridgehead atoms. The molecule has 2 atom stereocenters. The molecule has 1 fully saturated rings. The summed E-state index contributed by atoms with van der Waals surface area (Å²) in [6.45, 7) is 5.22. The Morgan fingerprint density at radius 3 is 2.94 bits per heavy atom. The maximum atomic E-state index is 6.23. The summed E-state index contributed by atoms with van der Waals surface area (Å²) in [4.78, 5) is 0. The number of hydrogen-bond donors (Lipinski definition) is 1. The molecule has 1 saturated carbocycles. The van der Waals surface area contributed by atoms with E-state index in [1.54, 1.807) is 0 Å². The number of alkyl halides is 1. The molecule has 0 amide bonds. The molecule has 0 radical (unpaired) electrons. The first-order chi connectivity index (χ1) is 8.54. The molecule has 2 rings (SSSR count). The van der Waals surface area contributed by atoms with Crippen LogP contribution in [0.5, 0.6) is 0 Å². The normalized spacial score (nSPS) is 28.6. The fraction of sp³-hybridized carbons (Fsp3) is 0.786. The third-order valence-electron chi connectivity index (χ3n) is 4.09. The molecular weight excluding hydrogens is 246 g/mol. The van der Waals surface area contributed by atoms with E-state index in [-0.39, 0.29) is 5.54 Å². The quantitative estimate of drug-likeness (QED) is 0.852. The first kappa shape index (κ1) is 13.9. The molecule has 1 aliphatic rings. The highest BCUT2D eigenvalue weighted by molar-refractivity contribution is 6.18. The van der Waals surface area contributed by atoms with Crippen molar-refractivity contribution in [1.29, 1.82) is 0 Å². The lowest BCUT2D eigenvalue weighted by molar-refractivity contribution is 0.206. The topological polar surface area (TPSA) is 29.9 Å². The van der Waals surface area contributed by atoms with Gasteiger partial charge in [-0.1, -0.05) is 19.8 Å². The molecule has 18 heavy (non-hydrogen) atoms. The van der Waals surface area contributed by atoms with Crippen molar-refractivity contribution < 1.29 is 0 Å². The average molecular weight is 270 g/mol. The van der Waals surface area contributed by atoms with E-state index in [9.17, 15) is 0 Å². The van der Waals surface area contributed by atoms with E-state index in [0.717, 1.165) is 18.2 Å². The molecule has 1 N–H and O–H groups in total. The lowest BCUT2D eigenvalue weighted by atomic mass is 9.77. The van der Waals surface area contributed by atoms with Gasteiger partial charge in [0.15, 0.2) is 0 Å². The SMILES string of the molecule is Cc1cc(CNC2(CCl)CCCC(C)C2)n(C)n1. The molecule has 4 heteroatoms. The van der Waals surface area contributed by atoms with Crippen molar-refractivity contribution in [3.63, 3.8) is 0 Å². The van der Waals surface area contributed by atoms with Gasteiger partial charge in [0.1, 0.15) is 0 Å². The highest BCUT2D eigenvalue weighted by Crippen LogP contribution is 2.33. The van der Waals surface area contributed by atoms with Crippen LogP contribution in [0.15, 0.2) is 6.07 Å². The lowest BCUT2D eigenvalue weighted by Gasteiger charge is -2.39. The number of halogens is 1. The van der Waals surface area contributed by atoms with Crippen LogP contribution in [-0.4, -0.2) is 21.2 Å². The van der Waals surface area contributed by atoms with Crippen LogP contribution in [-0.2, 0) is 13.6 Å². The van der Waals surface area contributed by atoms with Gasteiger partial charge in [0.05, 0.1) is 11.4 Å². The summed E-state index contributed by atoms with van der Waals surface area (Å²) in [5.74, 6) is 1.48. The Morgan fingerprint density at radius 2 is 2.39 bits per heavy atom. The summed E-state index contributed by atoms with van der Waals surface area (Å²) in [6.07, 6.45) is 5.00. The Labute approximate surface area is 115 Å². The average Bonchev–Trinajstić information content (AvgIpc) is 2.65. The minimum Gasteiger partial charge on any atom is -0.304 e. The van der Waals surface area contributed by atoms with E-state index >= 15 is 0 Å². The number of rotatable bonds is 4. The summed E-state index contributed by atoms with van der Waals surface area (Å²) in [7, 11) is 2.00. The van der Waals surface area contributed by atoms with Gasteiger partial charge >= 0.3 is 0 Å². The zero-order valence-electron chi connectivity index (χ0n) is 11.7. The van der Waals surface area contributed by atoms with Gasteiger partial charge in [0.2, 0.25) is 0 Å². The van der Waals surface area contributed by atoms with Gasteiger partial charge in [-0.3, -0.25) is 4.68 Å². The van der Waals surface area contributed by atoms with Crippen LogP contribution in [0.25, 0.3) is 0 Å². The number of aryl methyl sites for hydroxylation is 2. The van der Waals surface area contributed by atoms with E-state index in [1.807, 2.05) is 18.7 Å². The van der Waals surface area contributed by atoms with Crippen LogP contribution in [0, 0.1) is 12.8 Å². The van der Waals surface area contributed by atoms with Crippen molar-refractivity contribution in [2.75, 3.05) is 5.88 Å². The maximum absolute atomic E-state index is 6.23. The lowest BCUT2D eigenvalue weighted by Crippen LogP contribution is -2.49. The monoisotopic (exact) mass is 269 g/mol. The van der Waals surface area contributed by atoms with Crippen LogP contribution < -0.4 is 5.32 Å². The zero-order valence-corrected chi connectivity index (χ0v) is 12.4. The minimum atomic E-state index is 0.122. The summed E-state index contributed by atoms with van der Waals surface area (Å²) < 4.78 is 1.95. The van der Waals surface area contributed by atoms with Gasteiger partial charge in [-0.2, -0.15) is 5.10 Å². The van der Waals surface area contributed by atoms with Crippen molar-refractivity contribution >= 4 is 11.6 Å². The second-order valence-corrected chi connectivity index (χ2v) is 6.14. The Hall–Kier alpha value is -0.540. The van der Waals surface area contributed by atoms with E-state index < -0.39 is 0 Å². The molecule has 1 heterocycles. The number of nitrogens with one attached hydrogen (secondary N) is 1. The number of aromatic nitrogens is 2. The summed E-state index contributed by atoms with van der Waals surface area (Å²) in [6, 6.07) is 2.14. The van der Waals surface area contributed by atoms with Gasteiger partial charge in [-0.25, -0.2) is 0 Å². The van der Waals surface area contributed by atoms with Crippen LogP contribution in [0.3, 0.4) is 0 Å². The van der Waals surface area contributed by atoms with Crippen molar-refractivity contribution in [2.45, 2.75) is 51.6 Å². The molecule has 0 aromatic carbocycles. The van der Waals surface area contributed by atoms with Gasteiger partial charge in [0, 0.05) is 25.0 Å². The third kappa shape index (κ3) is 3.07. The molecule has 0 aliphatic heterocycles. The standard InChI is InChI=1S/C14H24ClN3/c1-11-5-4-6-14(8-11,10-15)16-9-13-7-12(2)17-18(13)3/h7,11,16H,4-6,8-10H2,1-3H3.